The van der Waals surface area contributed by atoms with Gasteiger partial charge < -0.3 is 21.5 Å². The van der Waals surface area contributed by atoms with E-state index in [2.05, 4.69) is 31.2 Å². The first-order chi connectivity index (χ1) is 12.9. The van der Waals surface area contributed by atoms with Crippen LogP contribution in [0.5, 0.6) is 5.75 Å². The van der Waals surface area contributed by atoms with E-state index in [1.807, 2.05) is 48.5 Å². The Kier molecular flexibility index (Phi) is 5.61. The lowest BCUT2D eigenvalue weighted by Crippen LogP contribution is -2.10. The van der Waals surface area contributed by atoms with Crippen LogP contribution in [0, 0.1) is 0 Å². The minimum atomic E-state index is 0.291. The molecule has 27 heavy (non-hydrogen) atoms. The Bertz CT molecular complexity index is 1020. The smallest absolute Gasteiger partial charge is 0.157 e. The fraction of sp³-hybridized carbons (Fsp3) is 0.100. The minimum absolute atomic E-state index is 0.291. The van der Waals surface area contributed by atoms with Crippen molar-refractivity contribution in [2.24, 2.45) is 16.5 Å². The maximum absolute atomic E-state index is 5.93. The number of ether oxygens (including phenoxy) is 1. The molecule has 0 bridgehead atoms. The van der Waals surface area contributed by atoms with Crippen molar-refractivity contribution in [2.75, 3.05) is 12.4 Å². The monoisotopic (exact) mass is 425 g/mol. The summed E-state index contributed by atoms with van der Waals surface area (Å²) in [6.07, 6.45) is 1.60. The number of allylic oxidation sites excluding steroid dienone is 1. The number of aliphatic imine (C=N–C) groups is 1. The maximum Gasteiger partial charge on any atom is 0.157 e. The van der Waals surface area contributed by atoms with Gasteiger partial charge in [0.05, 0.1) is 7.11 Å². The van der Waals surface area contributed by atoms with Gasteiger partial charge in [-0.1, -0.05) is 15.9 Å². The molecular weight excluding hydrogens is 406 g/mol. The molecule has 3 rings (SSSR count). The third-order valence-electron chi connectivity index (χ3n) is 3.75. The number of hydrogen-bond donors (Lipinski definition) is 3. The molecule has 0 aliphatic heterocycles. The number of nitrogens with two attached hydrogens (primary N) is 2. The van der Waals surface area contributed by atoms with Crippen LogP contribution in [0.25, 0.3) is 10.8 Å². The predicted molar refractivity (Wildman–Crippen MR) is 115 cm³/mol. The van der Waals surface area contributed by atoms with Gasteiger partial charge in [-0.3, -0.25) is 0 Å². The lowest BCUT2D eigenvalue weighted by atomic mass is 10.1. The fourth-order valence-electron chi connectivity index (χ4n) is 2.57. The summed E-state index contributed by atoms with van der Waals surface area (Å²) >= 11 is 3.44. The van der Waals surface area contributed by atoms with Gasteiger partial charge in [-0.05, 0) is 66.9 Å². The second kappa shape index (κ2) is 8.09. The summed E-state index contributed by atoms with van der Waals surface area (Å²) < 4.78 is 6.34. The third kappa shape index (κ3) is 4.77. The number of amidine groups is 1. The van der Waals surface area contributed by atoms with E-state index in [0.717, 1.165) is 26.7 Å². The molecule has 0 atom stereocenters. The summed E-state index contributed by atoms with van der Waals surface area (Å²) in [6, 6.07) is 15.5. The van der Waals surface area contributed by atoms with Crippen LogP contribution in [0.1, 0.15) is 6.92 Å². The number of nitrogens with zero attached hydrogens (tertiary/aromatic N) is 2. The van der Waals surface area contributed by atoms with Crippen molar-refractivity contribution < 1.29 is 4.74 Å². The second-order valence-corrected chi connectivity index (χ2v) is 6.89. The minimum Gasteiger partial charge on any atom is -0.497 e. The first-order valence-corrected chi connectivity index (χ1v) is 9.03. The fourth-order valence-corrected chi connectivity index (χ4v) is 2.83. The molecule has 2 aromatic carbocycles. The maximum atomic E-state index is 5.93. The van der Waals surface area contributed by atoms with Gasteiger partial charge in [-0.2, -0.15) is 0 Å². The molecule has 0 amide bonds. The van der Waals surface area contributed by atoms with Gasteiger partial charge in [0.1, 0.15) is 17.4 Å². The summed E-state index contributed by atoms with van der Waals surface area (Å²) in [6.45, 7) is 1.75. The summed E-state index contributed by atoms with van der Waals surface area (Å²) in [5.41, 5.74) is 13.1. The zero-order valence-electron chi connectivity index (χ0n) is 15.0. The number of nitrogens with one attached hydrogen (secondary N) is 1. The molecule has 0 aliphatic rings. The van der Waals surface area contributed by atoms with Gasteiger partial charge in [0, 0.05) is 21.2 Å². The summed E-state index contributed by atoms with van der Waals surface area (Å²) in [4.78, 5) is 8.98. The van der Waals surface area contributed by atoms with Crippen LogP contribution in [0.3, 0.4) is 0 Å². The SMILES string of the molecule is COc1ccc2c(Nc3ccc(Br)cc3)nc(N=C(N)/C=C(/C)N)cc2c1. The number of pyridine rings is 1. The average Bonchev–Trinajstić information content (AvgIpc) is 2.62. The highest BCUT2D eigenvalue weighted by molar-refractivity contribution is 9.10. The van der Waals surface area contributed by atoms with Crippen molar-refractivity contribution in [1.82, 2.24) is 4.98 Å². The van der Waals surface area contributed by atoms with Crippen molar-refractivity contribution in [1.29, 1.82) is 0 Å². The lowest BCUT2D eigenvalue weighted by Gasteiger charge is -2.11. The highest BCUT2D eigenvalue weighted by Gasteiger charge is 2.08. The summed E-state index contributed by atoms with van der Waals surface area (Å²) in [5.74, 6) is 2.20. The number of halogens is 1. The Balaban J connectivity index is 2.11. The average molecular weight is 426 g/mol. The lowest BCUT2D eigenvalue weighted by molar-refractivity contribution is 0.415. The molecule has 0 saturated carbocycles. The molecule has 0 aliphatic carbocycles. The molecule has 0 unspecified atom stereocenters. The topological polar surface area (TPSA) is 98.5 Å². The van der Waals surface area contributed by atoms with Gasteiger partial charge in [0.25, 0.3) is 0 Å². The molecule has 7 heteroatoms. The number of aromatic nitrogens is 1. The number of fused-ring (bicyclic) bond motifs is 1. The summed E-state index contributed by atoms with van der Waals surface area (Å²) in [7, 11) is 1.63. The highest BCUT2D eigenvalue weighted by atomic mass is 79.9. The van der Waals surface area contributed by atoms with Gasteiger partial charge >= 0.3 is 0 Å². The van der Waals surface area contributed by atoms with Gasteiger partial charge in [0.15, 0.2) is 5.82 Å². The van der Waals surface area contributed by atoms with Crippen LogP contribution in [0.15, 0.2) is 69.8 Å². The zero-order chi connectivity index (χ0) is 19.4. The first-order valence-electron chi connectivity index (χ1n) is 8.24. The van der Waals surface area contributed by atoms with E-state index in [1.165, 1.54) is 0 Å². The van der Waals surface area contributed by atoms with E-state index < -0.39 is 0 Å². The summed E-state index contributed by atoms with van der Waals surface area (Å²) in [5, 5.41) is 5.22. The van der Waals surface area contributed by atoms with Crippen LogP contribution < -0.4 is 21.5 Å². The number of rotatable bonds is 5. The van der Waals surface area contributed by atoms with Gasteiger partial charge in [-0.15, -0.1) is 0 Å². The van der Waals surface area contributed by atoms with Gasteiger partial charge in [0.2, 0.25) is 0 Å². The zero-order valence-corrected chi connectivity index (χ0v) is 16.6. The molecule has 5 N–H and O–H groups in total. The number of methoxy groups -OCH3 is 1. The van der Waals surface area contributed by atoms with Crippen molar-refractivity contribution in [3.63, 3.8) is 0 Å². The Labute approximate surface area is 166 Å². The first kappa shape index (κ1) is 18.7. The van der Waals surface area contributed by atoms with Crippen LogP contribution in [-0.4, -0.2) is 17.9 Å². The van der Waals surface area contributed by atoms with E-state index in [1.54, 1.807) is 20.1 Å². The molecule has 0 spiro atoms. The van der Waals surface area contributed by atoms with Gasteiger partial charge in [-0.25, -0.2) is 9.98 Å². The standard InChI is InChI=1S/C20H20BrN5O/c1-12(22)9-18(23)25-19-11-13-10-16(27-2)7-8-17(13)20(26-19)24-15-5-3-14(21)4-6-15/h3-11H,22H2,1-2H3,(H3,23,24,25,26)/b12-9-. The van der Waals surface area contributed by atoms with E-state index in [9.17, 15) is 0 Å². The molecule has 1 aromatic heterocycles. The van der Waals surface area contributed by atoms with E-state index in [4.69, 9.17) is 16.2 Å². The molecule has 0 radical (unpaired) electrons. The second-order valence-electron chi connectivity index (χ2n) is 5.97. The quantitative estimate of drug-likeness (QED) is 0.409. The van der Waals surface area contributed by atoms with Crippen molar-refractivity contribution >= 4 is 49.9 Å². The number of hydrogen-bond acceptors (Lipinski definition) is 5. The molecule has 0 fully saturated rings. The normalized spacial score (nSPS) is 12.3. The van der Waals surface area contributed by atoms with Crippen LogP contribution in [0.2, 0.25) is 0 Å². The van der Waals surface area contributed by atoms with E-state index >= 15 is 0 Å². The Morgan fingerprint density at radius 3 is 2.56 bits per heavy atom. The van der Waals surface area contributed by atoms with Crippen LogP contribution in [0.4, 0.5) is 17.3 Å². The largest absolute Gasteiger partial charge is 0.497 e. The number of anilines is 2. The van der Waals surface area contributed by atoms with Crippen LogP contribution in [-0.2, 0) is 0 Å². The Hall–Kier alpha value is -3.06. The van der Waals surface area contributed by atoms with E-state index in [-0.39, 0.29) is 0 Å². The molecule has 138 valence electrons. The molecule has 3 aromatic rings. The van der Waals surface area contributed by atoms with Crippen molar-refractivity contribution in [3.05, 3.63) is 64.8 Å². The molecule has 1 heterocycles. The van der Waals surface area contributed by atoms with Crippen molar-refractivity contribution in [3.8, 4) is 5.75 Å². The predicted octanol–water partition coefficient (Wildman–Crippen LogP) is 4.60. The number of benzene rings is 2. The molecule has 0 saturated heterocycles. The Morgan fingerprint density at radius 1 is 1.15 bits per heavy atom. The van der Waals surface area contributed by atoms with E-state index in [0.29, 0.717) is 23.2 Å². The highest BCUT2D eigenvalue weighted by Crippen LogP contribution is 2.31. The van der Waals surface area contributed by atoms with Crippen molar-refractivity contribution in [2.45, 2.75) is 6.92 Å². The Morgan fingerprint density at radius 2 is 1.89 bits per heavy atom. The molecular formula is C20H20BrN5O. The van der Waals surface area contributed by atoms with Crippen LogP contribution >= 0.6 is 15.9 Å². The third-order valence-corrected chi connectivity index (χ3v) is 4.28. The molecule has 6 nitrogen and oxygen atoms in total.